The Kier molecular flexibility index (Phi) is 12.0. The van der Waals surface area contributed by atoms with E-state index >= 15 is 0 Å². The number of methoxy groups -OCH3 is 2. The Morgan fingerprint density at radius 1 is 1.03 bits per heavy atom. The lowest BCUT2D eigenvalue weighted by atomic mass is 10.1. The van der Waals surface area contributed by atoms with E-state index in [1.54, 1.807) is 31.2 Å². The predicted molar refractivity (Wildman–Crippen MR) is 151 cm³/mol. The maximum atomic E-state index is 13.8. The summed E-state index contributed by atoms with van der Waals surface area (Å²) in [6.07, 6.45) is 2.97. The lowest BCUT2D eigenvalue weighted by Crippen LogP contribution is -2.52. The molecule has 0 aliphatic heterocycles. The van der Waals surface area contributed by atoms with Crippen molar-refractivity contribution in [3.63, 3.8) is 0 Å². The third kappa shape index (κ3) is 8.15. The number of unbranched alkanes of at least 4 members (excludes halogenated alkanes) is 1. The maximum absolute atomic E-state index is 13.8. The summed E-state index contributed by atoms with van der Waals surface area (Å²) < 4.78 is 37.1. The fraction of sp³-hybridized carbons (Fsp3) is 0.462. The van der Waals surface area contributed by atoms with E-state index in [0.29, 0.717) is 40.1 Å². The number of hydrogen-bond acceptors (Lipinski definition) is 6. The van der Waals surface area contributed by atoms with E-state index in [1.165, 1.54) is 31.3 Å². The number of sulfonamides is 1. The number of anilines is 1. The van der Waals surface area contributed by atoms with Gasteiger partial charge >= 0.3 is 0 Å². The van der Waals surface area contributed by atoms with Crippen molar-refractivity contribution in [1.29, 1.82) is 0 Å². The summed E-state index contributed by atoms with van der Waals surface area (Å²) in [5, 5.41) is 3.53. The maximum Gasteiger partial charge on any atom is 0.244 e. The van der Waals surface area contributed by atoms with Crippen molar-refractivity contribution in [2.24, 2.45) is 0 Å². The van der Waals surface area contributed by atoms with Crippen molar-refractivity contribution >= 4 is 50.7 Å². The summed E-state index contributed by atoms with van der Waals surface area (Å²) >= 11 is 12.8. The average molecular weight is 589 g/mol. The normalized spacial score (nSPS) is 12.0. The average Bonchev–Trinajstić information content (AvgIpc) is 2.87. The first-order valence-corrected chi connectivity index (χ1v) is 14.8. The second kappa shape index (κ2) is 14.5. The Bertz CT molecular complexity index is 1210. The number of nitrogens with one attached hydrogen (secondary N) is 1. The second-order valence-corrected chi connectivity index (χ2v) is 11.3. The summed E-state index contributed by atoms with van der Waals surface area (Å²) in [4.78, 5) is 28.3. The third-order valence-corrected chi connectivity index (χ3v) is 7.79. The van der Waals surface area contributed by atoms with E-state index in [-0.39, 0.29) is 18.1 Å². The van der Waals surface area contributed by atoms with Crippen LogP contribution in [-0.4, -0.2) is 64.7 Å². The van der Waals surface area contributed by atoms with Crippen molar-refractivity contribution < 1.29 is 27.5 Å². The predicted octanol–water partition coefficient (Wildman–Crippen LogP) is 4.50. The van der Waals surface area contributed by atoms with Gasteiger partial charge in [0.25, 0.3) is 0 Å². The van der Waals surface area contributed by atoms with E-state index in [0.717, 1.165) is 23.4 Å². The largest absolute Gasteiger partial charge is 0.493 e. The molecule has 2 rings (SSSR count). The van der Waals surface area contributed by atoms with Crippen LogP contribution in [0.1, 0.15) is 38.7 Å². The molecule has 0 aromatic heterocycles. The first-order valence-electron chi connectivity index (χ1n) is 12.2. The molecule has 0 spiro atoms. The molecule has 0 unspecified atom stereocenters. The third-order valence-electron chi connectivity index (χ3n) is 5.94. The van der Waals surface area contributed by atoms with Gasteiger partial charge in [0.2, 0.25) is 21.8 Å². The van der Waals surface area contributed by atoms with Gasteiger partial charge in [-0.25, -0.2) is 8.42 Å². The van der Waals surface area contributed by atoms with Crippen molar-refractivity contribution in [2.75, 3.05) is 37.9 Å². The standard InChI is InChI=1S/C26H35Cl2N3O6S/c1-6-8-14-29-26(33)22(7-2)30(16-19-20(27)10-9-11-21(19)28)25(32)17-31(38(5,34)35)18-12-13-23(36-3)24(15-18)37-4/h9-13,15,22H,6-8,14,16-17H2,1-5H3,(H,29,33)/t22-/m0/s1. The molecule has 0 saturated heterocycles. The number of nitrogens with zero attached hydrogens (tertiary/aromatic N) is 2. The van der Waals surface area contributed by atoms with Gasteiger partial charge in [-0.2, -0.15) is 0 Å². The highest BCUT2D eigenvalue weighted by atomic mass is 35.5. The molecular weight excluding hydrogens is 553 g/mol. The molecule has 0 radical (unpaired) electrons. The Balaban J connectivity index is 2.51. The van der Waals surface area contributed by atoms with E-state index in [2.05, 4.69) is 5.32 Å². The highest BCUT2D eigenvalue weighted by Gasteiger charge is 2.32. The molecule has 0 bridgehead atoms. The van der Waals surface area contributed by atoms with Gasteiger partial charge in [0, 0.05) is 34.8 Å². The van der Waals surface area contributed by atoms with E-state index in [9.17, 15) is 18.0 Å². The van der Waals surface area contributed by atoms with E-state index in [4.69, 9.17) is 32.7 Å². The molecule has 9 nitrogen and oxygen atoms in total. The lowest BCUT2D eigenvalue weighted by molar-refractivity contribution is -0.140. The molecular formula is C26H35Cl2N3O6S. The Morgan fingerprint density at radius 2 is 1.66 bits per heavy atom. The summed E-state index contributed by atoms with van der Waals surface area (Å²) in [5.74, 6) is -0.235. The molecule has 2 aromatic rings. The first kappa shape index (κ1) is 31.5. The fourth-order valence-electron chi connectivity index (χ4n) is 3.87. The van der Waals surface area contributed by atoms with Crippen molar-refractivity contribution in [1.82, 2.24) is 10.2 Å². The molecule has 0 aliphatic rings. The van der Waals surface area contributed by atoms with Crippen LogP contribution in [0.25, 0.3) is 0 Å². The minimum Gasteiger partial charge on any atom is -0.493 e. The van der Waals surface area contributed by atoms with Gasteiger partial charge in [0.1, 0.15) is 12.6 Å². The van der Waals surface area contributed by atoms with Gasteiger partial charge in [0.15, 0.2) is 11.5 Å². The number of amides is 2. The molecule has 0 saturated carbocycles. The molecule has 38 heavy (non-hydrogen) atoms. The summed E-state index contributed by atoms with van der Waals surface area (Å²) in [6, 6.07) is 8.61. The zero-order chi connectivity index (χ0) is 28.5. The van der Waals surface area contributed by atoms with E-state index < -0.39 is 28.5 Å². The van der Waals surface area contributed by atoms with Gasteiger partial charge in [-0.3, -0.25) is 13.9 Å². The first-order chi connectivity index (χ1) is 18.0. The van der Waals surface area contributed by atoms with Gasteiger partial charge in [-0.05, 0) is 37.1 Å². The van der Waals surface area contributed by atoms with Crippen LogP contribution in [0.4, 0.5) is 5.69 Å². The van der Waals surface area contributed by atoms with Gasteiger partial charge < -0.3 is 19.7 Å². The van der Waals surface area contributed by atoms with Crippen LogP contribution in [0.5, 0.6) is 11.5 Å². The number of hydrogen-bond donors (Lipinski definition) is 1. The van der Waals surface area contributed by atoms with Crippen LogP contribution < -0.4 is 19.1 Å². The van der Waals surface area contributed by atoms with Gasteiger partial charge in [-0.1, -0.05) is 49.5 Å². The summed E-state index contributed by atoms with van der Waals surface area (Å²) in [7, 11) is -1.03. The van der Waals surface area contributed by atoms with Crippen LogP contribution in [-0.2, 0) is 26.2 Å². The highest BCUT2D eigenvalue weighted by molar-refractivity contribution is 7.92. The second-order valence-electron chi connectivity index (χ2n) is 8.60. The Morgan fingerprint density at radius 3 is 2.18 bits per heavy atom. The minimum atomic E-state index is -3.91. The summed E-state index contributed by atoms with van der Waals surface area (Å²) in [5.41, 5.74) is 0.663. The molecule has 2 aromatic carbocycles. The monoisotopic (exact) mass is 587 g/mol. The molecule has 1 atom stereocenters. The highest BCUT2D eigenvalue weighted by Crippen LogP contribution is 2.33. The molecule has 0 fully saturated rings. The quantitative estimate of drug-likeness (QED) is 0.326. The number of carbonyl (C=O) groups is 2. The van der Waals surface area contributed by atoms with Crippen LogP contribution in [0.3, 0.4) is 0 Å². The van der Waals surface area contributed by atoms with E-state index in [1.807, 2.05) is 6.92 Å². The topological polar surface area (TPSA) is 105 Å². The number of rotatable bonds is 14. The van der Waals surface area contributed by atoms with Gasteiger partial charge in [0.05, 0.1) is 26.2 Å². The Labute approximate surface area is 235 Å². The van der Waals surface area contributed by atoms with Crippen molar-refractivity contribution in [3.8, 4) is 11.5 Å². The number of ether oxygens (including phenoxy) is 2. The summed E-state index contributed by atoms with van der Waals surface area (Å²) in [6.45, 7) is 3.60. The smallest absolute Gasteiger partial charge is 0.244 e. The number of benzene rings is 2. The number of halogens is 2. The Hall–Kier alpha value is -2.69. The molecule has 12 heteroatoms. The van der Waals surface area contributed by atoms with Crippen molar-refractivity contribution in [3.05, 3.63) is 52.0 Å². The van der Waals surface area contributed by atoms with Crippen LogP contribution in [0, 0.1) is 0 Å². The van der Waals surface area contributed by atoms with Gasteiger partial charge in [-0.15, -0.1) is 0 Å². The van der Waals surface area contributed by atoms with Crippen molar-refractivity contribution in [2.45, 2.75) is 45.7 Å². The molecule has 0 aliphatic carbocycles. The molecule has 210 valence electrons. The SMILES string of the molecule is CCCCNC(=O)[C@H](CC)N(Cc1c(Cl)cccc1Cl)C(=O)CN(c1ccc(OC)c(OC)c1)S(C)(=O)=O. The van der Waals surface area contributed by atoms with Crippen LogP contribution in [0.15, 0.2) is 36.4 Å². The van der Waals surface area contributed by atoms with Crippen LogP contribution >= 0.6 is 23.2 Å². The number of carbonyl (C=O) groups excluding carboxylic acids is 2. The minimum absolute atomic E-state index is 0.0828. The lowest BCUT2D eigenvalue weighted by Gasteiger charge is -2.33. The molecule has 0 heterocycles. The molecule has 2 amide bonds. The molecule has 1 N–H and O–H groups in total. The zero-order valence-corrected chi connectivity index (χ0v) is 24.6. The van der Waals surface area contributed by atoms with Crippen LogP contribution in [0.2, 0.25) is 10.0 Å². The zero-order valence-electron chi connectivity index (χ0n) is 22.3. The fourth-order valence-corrected chi connectivity index (χ4v) is 5.23.